The van der Waals surface area contributed by atoms with Gasteiger partial charge in [-0.2, -0.15) is 4.98 Å². The van der Waals surface area contributed by atoms with Gasteiger partial charge in [-0.15, -0.1) is 0 Å². The molecule has 0 bridgehead atoms. The lowest BCUT2D eigenvalue weighted by molar-refractivity contribution is 0.0969. The summed E-state index contributed by atoms with van der Waals surface area (Å²) in [6, 6.07) is 6.30. The van der Waals surface area contributed by atoms with Gasteiger partial charge in [-0.05, 0) is 49.5 Å². The second-order valence-electron chi connectivity index (χ2n) is 7.87. The van der Waals surface area contributed by atoms with Crippen LogP contribution in [-0.2, 0) is 6.42 Å². The lowest BCUT2D eigenvalue weighted by Crippen LogP contribution is -2.02. The molecule has 1 aromatic carbocycles. The van der Waals surface area contributed by atoms with E-state index in [4.69, 9.17) is 4.52 Å². The number of nitrogens with one attached hydrogen (secondary N) is 1. The molecule has 0 saturated heterocycles. The maximum Gasteiger partial charge on any atom is 0.254 e. The van der Waals surface area contributed by atoms with E-state index in [9.17, 15) is 4.79 Å². The van der Waals surface area contributed by atoms with Crippen LogP contribution in [0.15, 0.2) is 22.7 Å². The molecule has 1 fully saturated rings. The van der Waals surface area contributed by atoms with Crippen molar-refractivity contribution < 1.29 is 9.32 Å². The zero-order valence-corrected chi connectivity index (χ0v) is 16.1. The van der Waals surface area contributed by atoms with Crippen LogP contribution in [0.5, 0.6) is 0 Å². The fraction of sp³-hybridized carbons (Fsp3) is 0.364. The van der Waals surface area contributed by atoms with Gasteiger partial charge in [-0.1, -0.05) is 30.1 Å². The Labute approximate surface area is 163 Å². The van der Waals surface area contributed by atoms with Gasteiger partial charge in [0, 0.05) is 29.7 Å². The average Bonchev–Trinajstić information content (AvgIpc) is 3.07. The molecule has 6 heteroatoms. The van der Waals surface area contributed by atoms with Crippen molar-refractivity contribution in [2.45, 2.75) is 46.0 Å². The molecule has 0 amide bonds. The molecule has 5 rings (SSSR count). The van der Waals surface area contributed by atoms with Crippen molar-refractivity contribution in [3.8, 4) is 11.3 Å². The Kier molecular flexibility index (Phi) is 4.00. The van der Waals surface area contributed by atoms with E-state index in [1.807, 2.05) is 13.8 Å². The molecule has 1 N–H and O–H groups in total. The summed E-state index contributed by atoms with van der Waals surface area (Å²) in [5.41, 5.74) is 6.16. The number of hydrogen-bond acceptors (Lipinski definition) is 5. The Balaban J connectivity index is 1.40. The minimum absolute atomic E-state index is 0.108. The molecule has 2 aliphatic carbocycles. The summed E-state index contributed by atoms with van der Waals surface area (Å²) in [5, 5.41) is 3.88. The van der Waals surface area contributed by atoms with Crippen LogP contribution >= 0.6 is 0 Å². The highest BCUT2D eigenvalue weighted by Crippen LogP contribution is 2.35. The van der Waals surface area contributed by atoms with Crippen LogP contribution in [0, 0.1) is 19.8 Å². The number of rotatable bonds is 6. The van der Waals surface area contributed by atoms with Crippen LogP contribution < -0.4 is 0 Å². The van der Waals surface area contributed by atoms with E-state index < -0.39 is 0 Å². The fourth-order valence-electron chi connectivity index (χ4n) is 3.78. The number of ketones is 1. The first-order chi connectivity index (χ1) is 13.6. The number of hydrogen-bond donors (Lipinski definition) is 1. The third-order valence-electron chi connectivity index (χ3n) is 5.56. The standard InChI is InChI=1S/C22H22N4O2/c1-12-20(25-21(23-12)19(27)8-5-14-3-4-14)16-7-6-15-9-18(11-17(15)10-16)22-24-13(2)26-28-22/h6-7,10-11,14H,3-5,8-9H2,1-2H3,(H,23,25). The number of aromatic nitrogens is 4. The lowest BCUT2D eigenvalue weighted by Gasteiger charge is -2.03. The normalized spacial score (nSPS) is 15.6. The number of carbonyl (C=O) groups is 1. The molecule has 6 nitrogen and oxygen atoms in total. The highest BCUT2D eigenvalue weighted by atomic mass is 16.5. The van der Waals surface area contributed by atoms with E-state index in [2.05, 4.69) is 44.4 Å². The van der Waals surface area contributed by atoms with Gasteiger partial charge >= 0.3 is 0 Å². The molecule has 0 radical (unpaired) electrons. The van der Waals surface area contributed by atoms with Crippen LogP contribution in [0.3, 0.4) is 0 Å². The fourth-order valence-corrected chi connectivity index (χ4v) is 3.78. The maximum atomic E-state index is 12.4. The van der Waals surface area contributed by atoms with Crippen LogP contribution in [0.2, 0.25) is 0 Å². The molecule has 28 heavy (non-hydrogen) atoms. The molecule has 0 unspecified atom stereocenters. The quantitative estimate of drug-likeness (QED) is 0.640. The van der Waals surface area contributed by atoms with Gasteiger partial charge in [0.2, 0.25) is 0 Å². The van der Waals surface area contributed by atoms with Gasteiger partial charge in [0.1, 0.15) is 0 Å². The van der Waals surface area contributed by atoms with E-state index in [1.165, 1.54) is 18.4 Å². The monoisotopic (exact) mass is 374 g/mol. The van der Waals surface area contributed by atoms with Crippen LogP contribution in [0.25, 0.3) is 22.9 Å². The van der Waals surface area contributed by atoms with Gasteiger partial charge in [0.05, 0.1) is 5.69 Å². The number of aromatic amines is 1. The summed E-state index contributed by atoms with van der Waals surface area (Å²) in [5.74, 6) is 2.55. The van der Waals surface area contributed by atoms with E-state index in [1.54, 1.807) is 0 Å². The highest BCUT2D eigenvalue weighted by Gasteiger charge is 2.24. The molecule has 3 aromatic rings. The summed E-state index contributed by atoms with van der Waals surface area (Å²) in [6.45, 7) is 3.79. The number of Topliss-reactive ketones (excluding diaryl/α,β-unsaturated/α-hetero) is 1. The number of allylic oxidation sites excluding steroid dienone is 1. The second kappa shape index (κ2) is 6.55. The minimum atomic E-state index is 0.108. The topological polar surface area (TPSA) is 84.7 Å². The van der Waals surface area contributed by atoms with E-state index in [0.717, 1.165) is 46.8 Å². The summed E-state index contributed by atoms with van der Waals surface area (Å²) in [7, 11) is 0. The van der Waals surface area contributed by atoms with Crippen LogP contribution in [0.1, 0.15) is 64.8 Å². The maximum absolute atomic E-state index is 12.4. The Morgan fingerprint density at radius 2 is 2.11 bits per heavy atom. The van der Waals surface area contributed by atoms with Crippen molar-refractivity contribution in [1.82, 2.24) is 20.1 Å². The largest absolute Gasteiger partial charge is 0.339 e. The van der Waals surface area contributed by atoms with E-state index >= 15 is 0 Å². The zero-order chi connectivity index (χ0) is 19.3. The second-order valence-corrected chi connectivity index (χ2v) is 7.87. The van der Waals surface area contributed by atoms with Gasteiger partial charge in [0.15, 0.2) is 17.4 Å². The predicted molar refractivity (Wildman–Crippen MR) is 106 cm³/mol. The number of fused-ring (bicyclic) bond motifs is 1. The summed E-state index contributed by atoms with van der Waals surface area (Å²) in [6.07, 6.45) is 6.97. The number of carbonyl (C=O) groups excluding carboxylic acids is 1. The number of benzene rings is 1. The first-order valence-corrected chi connectivity index (χ1v) is 9.81. The van der Waals surface area contributed by atoms with Gasteiger partial charge in [0.25, 0.3) is 5.89 Å². The predicted octanol–water partition coefficient (Wildman–Crippen LogP) is 4.55. The number of H-pyrrole nitrogens is 1. The molecule has 0 aliphatic heterocycles. The third-order valence-corrected chi connectivity index (χ3v) is 5.56. The van der Waals surface area contributed by atoms with Gasteiger partial charge in [-0.3, -0.25) is 4.79 Å². The van der Waals surface area contributed by atoms with Crippen LogP contribution in [-0.4, -0.2) is 25.9 Å². The number of aryl methyl sites for hydroxylation is 2. The van der Waals surface area contributed by atoms with Gasteiger partial charge < -0.3 is 9.51 Å². The molecular formula is C22H22N4O2. The average molecular weight is 374 g/mol. The van der Waals surface area contributed by atoms with Crippen molar-refractivity contribution in [3.05, 3.63) is 52.6 Å². The van der Waals surface area contributed by atoms with Crippen molar-refractivity contribution in [2.24, 2.45) is 5.92 Å². The number of imidazole rings is 1. The van der Waals surface area contributed by atoms with Crippen molar-refractivity contribution in [2.75, 3.05) is 0 Å². The Morgan fingerprint density at radius 1 is 1.25 bits per heavy atom. The lowest BCUT2D eigenvalue weighted by atomic mass is 10.0. The molecule has 2 heterocycles. The summed E-state index contributed by atoms with van der Waals surface area (Å²) < 4.78 is 5.30. The van der Waals surface area contributed by atoms with Crippen molar-refractivity contribution in [1.29, 1.82) is 0 Å². The summed E-state index contributed by atoms with van der Waals surface area (Å²) in [4.78, 5) is 24.6. The smallest absolute Gasteiger partial charge is 0.254 e. The van der Waals surface area contributed by atoms with Crippen LogP contribution in [0.4, 0.5) is 0 Å². The Hall–Kier alpha value is -3.02. The first kappa shape index (κ1) is 17.1. The third kappa shape index (κ3) is 3.19. The summed E-state index contributed by atoms with van der Waals surface area (Å²) >= 11 is 0. The Morgan fingerprint density at radius 3 is 2.86 bits per heavy atom. The molecule has 0 spiro atoms. The molecule has 2 aromatic heterocycles. The zero-order valence-electron chi connectivity index (χ0n) is 16.1. The molecular weight excluding hydrogens is 352 g/mol. The molecule has 0 atom stereocenters. The van der Waals surface area contributed by atoms with E-state index in [-0.39, 0.29) is 5.78 Å². The molecule has 142 valence electrons. The van der Waals surface area contributed by atoms with E-state index in [0.29, 0.717) is 24.0 Å². The minimum Gasteiger partial charge on any atom is -0.339 e. The van der Waals surface area contributed by atoms with Crippen molar-refractivity contribution in [3.63, 3.8) is 0 Å². The molecule has 1 saturated carbocycles. The Bertz CT molecular complexity index is 1100. The highest BCUT2D eigenvalue weighted by molar-refractivity contribution is 5.93. The molecule has 2 aliphatic rings. The number of nitrogens with zero attached hydrogens (tertiary/aromatic N) is 3. The SMILES string of the molecule is Cc1noc(C2=Cc3cc(-c4nc(C(=O)CCC5CC5)[nH]c4C)ccc3C2)n1. The van der Waals surface area contributed by atoms with Crippen molar-refractivity contribution >= 4 is 17.4 Å². The van der Waals surface area contributed by atoms with Gasteiger partial charge in [-0.25, -0.2) is 4.98 Å². The first-order valence-electron chi connectivity index (χ1n) is 9.81.